The lowest BCUT2D eigenvalue weighted by molar-refractivity contribution is 0.181. The van der Waals surface area contributed by atoms with Crippen molar-refractivity contribution in [3.8, 4) is 0 Å². The number of nitrogens with zero attached hydrogens (tertiary/aromatic N) is 3. The van der Waals surface area contributed by atoms with Crippen molar-refractivity contribution in [1.29, 1.82) is 0 Å². The Hall–Kier alpha value is -1.46. The second kappa shape index (κ2) is 6.33. The van der Waals surface area contributed by atoms with Crippen molar-refractivity contribution < 1.29 is 5.11 Å². The van der Waals surface area contributed by atoms with Crippen molar-refractivity contribution in [2.75, 3.05) is 6.54 Å². The van der Waals surface area contributed by atoms with Gasteiger partial charge in [-0.3, -0.25) is 0 Å². The maximum Gasteiger partial charge on any atom is 0.155 e. The quantitative estimate of drug-likeness (QED) is 0.794. The highest BCUT2D eigenvalue weighted by atomic mass is 16.3. The summed E-state index contributed by atoms with van der Waals surface area (Å²) in [4.78, 5) is 4.46. The molecule has 0 aliphatic heterocycles. The molecule has 2 rings (SSSR count). The normalized spacial score (nSPS) is 14.7. The third-order valence-electron chi connectivity index (χ3n) is 3.60. The van der Waals surface area contributed by atoms with Crippen LogP contribution in [0.3, 0.4) is 0 Å². The van der Waals surface area contributed by atoms with E-state index in [0.29, 0.717) is 0 Å². The van der Waals surface area contributed by atoms with E-state index in [9.17, 15) is 5.11 Å². The van der Waals surface area contributed by atoms with E-state index < -0.39 is 0 Å². The lowest BCUT2D eigenvalue weighted by Gasteiger charge is -2.17. The number of aromatic nitrogens is 3. The predicted molar refractivity (Wildman–Crippen MR) is 79.8 cm³/mol. The van der Waals surface area contributed by atoms with Gasteiger partial charge in [0, 0.05) is 29.6 Å². The Morgan fingerprint density at radius 2 is 2.10 bits per heavy atom. The number of aryl methyl sites for hydroxylation is 2. The summed E-state index contributed by atoms with van der Waals surface area (Å²) in [7, 11) is 0. The molecule has 0 spiro atoms. The summed E-state index contributed by atoms with van der Waals surface area (Å²) >= 11 is 0. The Labute approximate surface area is 120 Å². The van der Waals surface area contributed by atoms with Crippen LogP contribution in [0.2, 0.25) is 0 Å². The Kier molecular flexibility index (Phi) is 4.73. The molecule has 0 radical (unpaired) electrons. The van der Waals surface area contributed by atoms with Crippen LogP contribution in [0, 0.1) is 13.8 Å². The lowest BCUT2D eigenvalue weighted by atomic mass is 10.1. The second-order valence-corrected chi connectivity index (χ2v) is 5.52. The van der Waals surface area contributed by atoms with Gasteiger partial charge in [-0.15, -0.1) is 0 Å². The van der Waals surface area contributed by atoms with Crippen LogP contribution in [-0.2, 0) is 0 Å². The fourth-order valence-electron chi connectivity index (χ4n) is 2.43. The molecule has 5 nitrogen and oxygen atoms in total. The van der Waals surface area contributed by atoms with Gasteiger partial charge in [0.25, 0.3) is 0 Å². The predicted octanol–water partition coefficient (Wildman–Crippen LogP) is 2.16. The van der Waals surface area contributed by atoms with Gasteiger partial charge in [-0.25, -0.2) is 9.50 Å². The number of hydrogen-bond acceptors (Lipinski definition) is 4. The molecular formula is C15H24N4O. The molecule has 2 N–H and O–H groups in total. The van der Waals surface area contributed by atoms with Gasteiger partial charge < -0.3 is 10.4 Å². The lowest BCUT2D eigenvalue weighted by Crippen LogP contribution is -2.22. The summed E-state index contributed by atoms with van der Waals surface area (Å²) < 4.78 is 1.90. The number of fused-ring (bicyclic) bond motifs is 1. The van der Waals surface area contributed by atoms with E-state index in [1.165, 1.54) is 0 Å². The summed E-state index contributed by atoms with van der Waals surface area (Å²) in [6.45, 7) is 8.90. The van der Waals surface area contributed by atoms with Gasteiger partial charge in [0.05, 0.1) is 11.8 Å². The molecule has 0 bridgehead atoms. The van der Waals surface area contributed by atoms with Crippen molar-refractivity contribution >= 4 is 5.65 Å². The molecule has 2 atom stereocenters. The highest BCUT2D eigenvalue weighted by Crippen LogP contribution is 2.18. The molecule has 5 heteroatoms. The fraction of sp³-hybridized carbons (Fsp3) is 0.600. The maximum absolute atomic E-state index is 9.25. The van der Waals surface area contributed by atoms with E-state index in [4.69, 9.17) is 0 Å². The Morgan fingerprint density at radius 3 is 2.80 bits per heavy atom. The first-order chi connectivity index (χ1) is 9.49. The van der Waals surface area contributed by atoms with E-state index in [0.717, 1.165) is 42.0 Å². The first kappa shape index (κ1) is 14.9. The van der Waals surface area contributed by atoms with E-state index in [-0.39, 0.29) is 12.1 Å². The summed E-state index contributed by atoms with van der Waals surface area (Å²) in [6, 6.07) is 2.21. The molecule has 0 aromatic carbocycles. The molecule has 110 valence electrons. The largest absolute Gasteiger partial charge is 0.393 e. The minimum absolute atomic E-state index is 0.223. The molecule has 0 aliphatic carbocycles. The number of hydrogen-bond donors (Lipinski definition) is 2. The third-order valence-corrected chi connectivity index (χ3v) is 3.60. The SMILES string of the molecule is Cc1cc2ncc(C(C)NCCCC(C)O)c(C)n2n1. The molecule has 20 heavy (non-hydrogen) atoms. The molecule has 2 aromatic heterocycles. The zero-order valence-corrected chi connectivity index (χ0v) is 12.7. The first-order valence-electron chi connectivity index (χ1n) is 7.22. The highest BCUT2D eigenvalue weighted by Gasteiger charge is 2.12. The Bertz CT molecular complexity index is 577. The van der Waals surface area contributed by atoms with Gasteiger partial charge in [0.15, 0.2) is 5.65 Å². The number of rotatable bonds is 6. The standard InChI is InChI=1S/C15H24N4O/c1-10-8-15-17-9-14(13(4)19(15)18-10)12(3)16-7-5-6-11(2)20/h8-9,11-12,16,20H,5-7H2,1-4H3. The molecule has 0 fully saturated rings. The van der Waals surface area contributed by atoms with Gasteiger partial charge in [-0.1, -0.05) is 0 Å². The molecule has 2 aromatic rings. The van der Waals surface area contributed by atoms with Crippen molar-refractivity contribution in [1.82, 2.24) is 19.9 Å². The van der Waals surface area contributed by atoms with Crippen molar-refractivity contribution in [2.24, 2.45) is 0 Å². The molecule has 0 saturated heterocycles. The summed E-state index contributed by atoms with van der Waals surface area (Å²) in [6.07, 6.45) is 3.50. The van der Waals surface area contributed by atoms with E-state index in [1.807, 2.05) is 30.6 Å². The highest BCUT2D eigenvalue weighted by molar-refractivity contribution is 5.42. The summed E-state index contributed by atoms with van der Waals surface area (Å²) in [5.41, 5.74) is 4.16. The summed E-state index contributed by atoms with van der Waals surface area (Å²) in [5, 5.41) is 17.2. The average molecular weight is 276 g/mol. The first-order valence-corrected chi connectivity index (χ1v) is 7.22. The molecule has 0 aliphatic rings. The molecule has 0 amide bonds. The van der Waals surface area contributed by atoms with E-state index in [1.54, 1.807) is 0 Å². The van der Waals surface area contributed by atoms with Gasteiger partial charge in [-0.2, -0.15) is 5.10 Å². The van der Waals surface area contributed by atoms with Crippen LogP contribution in [0.25, 0.3) is 5.65 Å². The molecule has 2 heterocycles. The van der Waals surface area contributed by atoms with Crippen LogP contribution in [0.1, 0.15) is 49.7 Å². The molecular weight excluding hydrogens is 252 g/mol. The molecule has 0 saturated carbocycles. The van der Waals surface area contributed by atoms with Crippen LogP contribution in [0.5, 0.6) is 0 Å². The van der Waals surface area contributed by atoms with Crippen molar-refractivity contribution in [2.45, 2.75) is 52.7 Å². The smallest absolute Gasteiger partial charge is 0.155 e. The van der Waals surface area contributed by atoms with Gasteiger partial charge in [0.2, 0.25) is 0 Å². The molecule has 2 unspecified atom stereocenters. The minimum Gasteiger partial charge on any atom is -0.393 e. The van der Waals surface area contributed by atoms with Crippen LogP contribution in [0.4, 0.5) is 0 Å². The Balaban J connectivity index is 2.06. The Morgan fingerprint density at radius 1 is 1.35 bits per heavy atom. The van der Waals surface area contributed by atoms with Crippen LogP contribution < -0.4 is 5.32 Å². The number of aliphatic hydroxyl groups is 1. The fourth-order valence-corrected chi connectivity index (χ4v) is 2.43. The van der Waals surface area contributed by atoms with Gasteiger partial charge >= 0.3 is 0 Å². The minimum atomic E-state index is -0.223. The number of aliphatic hydroxyl groups excluding tert-OH is 1. The maximum atomic E-state index is 9.25. The average Bonchev–Trinajstić information content (AvgIpc) is 2.76. The zero-order valence-electron chi connectivity index (χ0n) is 12.7. The zero-order chi connectivity index (χ0) is 14.7. The monoisotopic (exact) mass is 276 g/mol. The van der Waals surface area contributed by atoms with E-state index in [2.05, 4.69) is 29.2 Å². The second-order valence-electron chi connectivity index (χ2n) is 5.52. The van der Waals surface area contributed by atoms with E-state index >= 15 is 0 Å². The van der Waals surface area contributed by atoms with Crippen molar-refractivity contribution in [3.63, 3.8) is 0 Å². The topological polar surface area (TPSA) is 62.5 Å². The van der Waals surface area contributed by atoms with Gasteiger partial charge in [0.1, 0.15) is 0 Å². The number of nitrogens with one attached hydrogen (secondary N) is 1. The van der Waals surface area contributed by atoms with Crippen LogP contribution >= 0.6 is 0 Å². The van der Waals surface area contributed by atoms with Crippen molar-refractivity contribution in [3.05, 3.63) is 29.2 Å². The summed E-state index contributed by atoms with van der Waals surface area (Å²) in [5.74, 6) is 0. The van der Waals surface area contributed by atoms with Crippen LogP contribution in [0.15, 0.2) is 12.3 Å². The van der Waals surface area contributed by atoms with Gasteiger partial charge in [-0.05, 0) is 47.1 Å². The third kappa shape index (κ3) is 3.35. The van der Waals surface area contributed by atoms with Crippen LogP contribution in [-0.4, -0.2) is 32.4 Å².